The second-order valence-corrected chi connectivity index (χ2v) is 6.23. The topological polar surface area (TPSA) is 144 Å². The van der Waals surface area contributed by atoms with Crippen molar-refractivity contribution in [3.63, 3.8) is 0 Å². The fraction of sp³-hybridized carbons (Fsp3) is 0.231. The molecule has 0 radical (unpaired) electrons. The predicted molar refractivity (Wildman–Crippen MR) is 78.2 cm³/mol. The minimum absolute atomic E-state index is 0.157. The summed E-state index contributed by atoms with van der Waals surface area (Å²) < 4.78 is 31.6. The summed E-state index contributed by atoms with van der Waals surface area (Å²) >= 11 is 0. The number of phenols is 1. The van der Waals surface area contributed by atoms with Crippen LogP contribution in [-0.4, -0.2) is 53.0 Å². The second kappa shape index (κ2) is 5.99. The molecular formula is C13H14N2O7S. The molecule has 0 fully saturated rings. The molecule has 0 spiro atoms. The highest BCUT2D eigenvalue weighted by atomic mass is 32.2. The second-order valence-electron chi connectivity index (χ2n) is 4.84. The van der Waals surface area contributed by atoms with Crippen molar-refractivity contribution in [1.29, 1.82) is 0 Å². The van der Waals surface area contributed by atoms with Crippen LogP contribution in [0.1, 0.15) is 5.56 Å². The van der Waals surface area contributed by atoms with Crippen LogP contribution in [0.15, 0.2) is 28.8 Å². The standard InChI is InChI=1S/C13H14N2O7S/c1-7-4-8(12(18)10(5-7)23(20,21)22)14-9-6-11(17)15(2-3-16)13(9)19/h4-6,14,16,18H,2-3H2,1H3,(H,20,21,22). The fourth-order valence-corrected chi connectivity index (χ4v) is 2.78. The van der Waals surface area contributed by atoms with Gasteiger partial charge in [0.2, 0.25) is 0 Å². The minimum atomic E-state index is -4.66. The average Bonchev–Trinajstić information content (AvgIpc) is 2.69. The lowest BCUT2D eigenvalue weighted by molar-refractivity contribution is -0.137. The number of nitrogens with one attached hydrogen (secondary N) is 1. The number of carbonyl (C=O) groups excluding carboxylic acids is 2. The lowest BCUT2D eigenvalue weighted by Gasteiger charge is -2.15. The van der Waals surface area contributed by atoms with Crippen LogP contribution in [0.3, 0.4) is 0 Å². The number of phenolic OH excluding ortho intramolecular Hbond substituents is 1. The smallest absolute Gasteiger partial charge is 0.298 e. The Kier molecular flexibility index (Phi) is 4.41. The first-order chi connectivity index (χ1) is 10.6. The van der Waals surface area contributed by atoms with Gasteiger partial charge >= 0.3 is 0 Å². The van der Waals surface area contributed by atoms with E-state index in [0.717, 1.165) is 17.0 Å². The molecule has 23 heavy (non-hydrogen) atoms. The summed E-state index contributed by atoms with van der Waals surface area (Å²) in [6.45, 7) is 0.935. The highest BCUT2D eigenvalue weighted by Gasteiger charge is 2.31. The monoisotopic (exact) mass is 342 g/mol. The van der Waals surface area contributed by atoms with Crippen LogP contribution < -0.4 is 5.32 Å². The SMILES string of the molecule is Cc1cc(NC2=CC(=O)N(CCO)C2=O)c(O)c(S(=O)(=O)O)c1. The summed E-state index contributed by atoms with van der Waals surface area (Å²) in [5.74, 6) is -2.15. The zero-order valence-corrected chi connectivity index (χ0v) is 12.8. The number of hydrogen-bond donors (Lipinski definition) is 4. The molecule has 10 heteroatoms. The van der Waals surface area contributed by atoms with Gasteiger partial charge < -0.3 is 15.5 Å². The van der Waals surface area contributed by atoms with E-state index in [4.69, 9.17) is 9.66 Å². The number of rotatable bonds is 5. The quantitative estimate of drug-likeness (QED) is 0.321. The van der Waals surface area contributed by atoms with Crippen molar-refractivity contribution in [2.75, 3.05) is 18.5 Å². The molecule has 2 rings (SSSR count). The molecule has 0 atom stereocenters. The molecule has 0 saturated heterocycles. The number of benzene rings is 1. The zero-order valence-electron chi connectivity index (χ0n) is 12.0. The van der Waals surface area contributed by atoms with Crippen LogP contribution in [0, 0.1) is 6.92 Å². The molecule has 1 aliphatic rings. The maximum absolute atomic E-state index is 12.0. The van der Waals surface area contributed by atoms with Crippen molar-refractivity contribution in [2.45, 2.75) is 11.8 Å². The molecule has 1 aromatic rings. The van der Waals surface area contributed by atoms with Gasteiger partial charge in [0.05, 0.1) is 18.8 Å². The summed E-state index contributed by atoms with van der Waals surface area (Å²) in [5.41, 5.74) is 0.0454. The lowest BCUT2D eigenvalue weighted by Crippen LogP contribution is -2.34. The summed E-state index contributed by atoms with van der Waals surface area (Å²) in [6.07, 6.45) is 0.965. The Hall–Kier alpha value is -2.43. The van der Waals surface area contributed by atoms with Gasteiger partial charge in [-0.2, -0.15) is 8.42 Å². The van der Waals surface area contributed by atoms with Crippen LogP contribution in [0.2, 0.25) is 0 Å². The van der Waals surface area contributed by atoms with E-state index in [9.17, 15) is 23.1 Å². The molecule has 4 N–H and O–H groups in total. The Morgan fingerprint density at radius 2 is 1.91 bits per heavy atom. The highest BCUT2D eigenvalue weighted by Crippen LogP contribution is 2.34. The number of amides is 2. The van der Waals surface area contributed by atoms with Gasteiger partial charge in [-0.25, -0.2) is 0 Å². The summed E-state index contributed by atoms with van der Waals surface area (Å²) in [5, 5.41) is 21.2. The number of imide groups is 1. The van der Waals surface area contributed by atoms with E-state index in [1.165, 1.54) is 13.0 Å². The van der Waals surface area contributed by atoms with E-state index in [0.29, 0.717) is 5.56 Å². The van der Waals surface area contributed by atoms with E-state index in [1.54, 1.807) is 0 Å². The Labute approximate surface area is 131 Å². The van der Waals surface area contributed by atoms with E-state index < -0.39 is 39.2 Å². The van der Waals surface area contributed by atoms with Gasteiger partial charge in [-0.05, 0) is 24.6 Å². The van der Waals surface area contributed by atoms with Crippen molar-refractivity contribution < 1.29 is 32.8 Å². The first kappa shape index (κ1) is 16.9. The van der Waals surface area contributed by atoms with Crippen LogP contribution >= 0.6 is 0 Å². The van der Waals surface area contributed by atoms with E-state index >= 15 is 0 Å². The van der Waals surface area contributed by atoms with Crippen molar-refractivity contribution in [2.24, 2.45) is 0 Å². The predicted octanol–water partition coefficient (Wildman–Crippen LogP) is -0.396. The van der Waals surface area contributed by atoms with Crippen LogP contribution in [0.4, 0.5) is 5.69 Å². The molecule has 1 heterocycles. The highest BCUT2D eigenvalue weighted by molar-refractivity contribution is 7.86. The van der Waals surface area contributed by atoms with Gasteiger partial charge in [0.15, 0.2) is 5.75 Å². The third-order valence-corrected chi connectivity index (χ3v) is 3.97. The van der Waals surface area contributed by atoms with Crippen LogP contribution in [-0.2, 0) is 19.7 Å². The Morgan fingerprint density at radius 1 is 1.26 bits per heavy atom. The maximum atomic E-state index is 12.0. The Balaban J connectivity index is 2.39. The number of carbonyl (C=O) groups is 2. The van der Waals surface area contributed by atoms with Crippen molar-refractivity contribution in [3.8, 4) is 5.75 Å². The van der Waals surface area contributed by atoms with Gasteiger partial charge in [-0.1, -0.05) is 0 Å². The minimum Gasteiger partial charge on any atom is -0.504 e. The molecule has 1 aromatic carbocycles. The molecule has 0 saturated carbocycles. The summed E-state index contributed by atoms with van der Waals surface area (Å²) in [4.78, 5) is 23.7. The Morgan fingerprint density at radius 3 is 2.48 bits per heavy atom. The van der Waals surface area contributed by atoms with Gasteiger partial charge in [0.1, 0.15) is 10.6 Å². The third-order valence-electron chi connectivity index (χ3n) is 3.10. The third kappa shape index (κ3) is 3.33. The largest absolute Gasteiger partial charge is 0.504 e. The first-order valence-corrected chi connectivity index (χ1v) is 7.85. The number of hydrogen-bond acceptors (Lipinski definition) is 7. The normalized spacial score (nSPS) is 15.1. The number of β-amino-alcohol motifs (C(OH)–C–C–N with tert-alkyl or cyclic N) is 1. The molecule has 2 amide bonds. The average molecular weight is 342 g/mol. The molecule has 1 aliphatic heterocycles. The zero-order chi connectivity index (χ0) is 17.4. The fourth-order valence-electron chi connectivity index (χ4n) is 2.09. The first-order valence-electron chi connectivity index (χ1n) is 6.41. The molecule has 9 nitrogen and oxygen atoms in total. The van der Waals surface area contributed by atoms with E-state index in [1.807, 2.05) is 0 Å². The number of aliphatic hydroxyl groups is 1. The molecule has 0 aliphatic carbocycles. The van der Waals surface area contributed by atoms with Gasteiger partial charge in [-0.15, -0.1) is 0 Å². The number of aliphatic hydroxyl groups excluding tert-OH is 1. The van der Waals surface area contributed by atoms with Crippen molar-refractivity contribution in [3.05, 3.63) is 29.5 Å². The molecule has 0 unspecified atom stereocenters. The lowest BCUT2D eigenvalue weighted by atomic mass is 10.2. The van der Waals surface area contributed by atoms with Gasteiger partial charge in [0, 0.05) is 6.08 Å². The number of aromatic hydroxyl groups is 1. The summed E-state index contributed by atoms with van der Waals surface area (Å²) in [7, 11) is -4.66. The van der Waals surface area contributed by atoms with Gasteiger partial charge in [0.25, 0.3) is 21.9 Å². The van der Waals surface area contributed by atoms with Crippen molar-refractivity contribution in [1.82, 2.24) is 4.90 Å². The molecular weight excluding hydrogens is 328 g/mol. The molecule has 0 bridgehead atoms. The van der Waals surface area contributed by atoms with E-state index in [-0.39, 0.29) is 17.9 Å². The molecule has 124 valence electrons. The van der Waals surface area contributed by atoms with Gasteiger partial charge in [-0.3, -0.25) is 19.0 Å². The van der Waals surface area contributed by atoms with Crippen molar-refractivity contribution >= 4 is 27.6 Å². The van der Waals surface area contributed by atoms with Crippen LogP contribution in [0.25, 0.3) is 0 Å². The Bertz CT molecular complexity index is 814. The van der Waals surface area contributed by atoms with E-state index in [2.05, 4.69) is 5.32 Å². The van der Waals surface area contributed by atoms with Crippen LogP contribution in [0.5, 0.6) is 5.75 Å². The molecule has 0 aromatic heterocycles. The number of nitrogens with zero attached hydrogens (tertiary/aromatic N) is 1. The maximum Gasteiger partial charge on any atom is 0.298 e. The number of anilines is 1. The summed E-state index contributed by atoms with van der Waals surface area (Å²) in [6, 6.07) is 2.40. The number of aryl methyl sites for hydroxylation is 1.